The van der Waals surface area contributed by atoms with Gasteiger partial charge in [-0.05, 0) is 42.7 Å². The fourth-order valence-electron chi connectivity index (χ4n) is 4.07. The summed E-state index contributed by atoms with van der Waals surface area (Å²) in [4.78, 5) is 28.1. The lowest BCUT2D eigenvalue weighted by Crippen LogP contribution is -2.33. The Morgan fingerprint density at radius 1 is 1.28 bits per heavy atom. The second-order valence-electron chi connectivity index (χ2n) is 7.92. The van der Waals surface area contributed by atoms with Crippen molar-refractivity contribution in [3.8, 4) is 5.75 Å². The van der Waals surface area contributed by atoms with Crippen LogP contribution < -0.4 is 21.3 Å². The summed E-state index contributed by atoms with van der Waals surface area (Å²) in [7, 11) is 1.77. The van der Waals surface area contributed by atoms with Crippen LogP contribution in [0.1, 0.15) is 17.5 Å². The maximum absolute atomic E-state index is 14.7. The van der Waals surface area contributed by atoms with Crippen molar-refractivity contribution in [2.45, 2.75) is 19.4 Å². The molecule has 0 unspecified atom stereocenters. The number of nitrogens with zero attached hydrogens (tertiary/aromatic N) is 1. The minimum absolute atomic E-state index is 0.0641. The van der Waals surface area contributed by atoms with Gasteiger partial charge in [0.05, 0.1) is 16.8 Å². The molecule has 1 saturated carbocycles. The van der Waals surface area contributed by atoms with E-state index < -0.39 is 29.0 Å². The second kappa shape index (κ2) is 8.43. The van der Waals surface area contributed by atoms with E-state index in [1.54, 1.807) is 18.6 Å². The molecule has 0 radical (unpaired) electrons. The lowest BCUT2D eigenvalue weighted by atomic mass is 9.92. The lowest BCUT2D eigenvalue weighted by Gasteiger charge is -2.15. The summed E-state index contributed by atoms with van der Waals surface area (Å²) in [6.45, 7) is 0.137. The summed E-state index contributed by atoms with van der Waals surface area (Å²) in [5, 5.41) is 12.7. The van der Waals surface area contributed by atoms with Gasteiger partial charge in [-0.15, -0.1) is 0 Å². The summed E-state index contributed by atoms with van der Waals surface area (Å²) >= 11 is 0. The van der Waals surface area contributed by atoms with E-state index in [4.69, 9.17) is 15.7 Å². The average Bonchev–Trinajstić information content (AvgIpc) is 3.53. The number of carbonyl (C=O) groups is 2. The number of carbonyl (C=O) groups excluding carboxylic acids is 2. The van der Waals surface area contributed by atoms with Crippen molar-refractivity contribution in [3.63, 3.8) is 0 Å². The van der Waals surface area contributed by atoms with Crippen molar-refractivity contribution >= 4 is 28.5 Å². The maximum Gasteiger partial charge on any atom is 0.247 e. The van der Waals surface area contributed by atoms with Crippen molar-refractivity contribution in [1.29, 1.82) is 0 Å². The average molecular weight is 438 g/mol. The number of nitrogens with two attached hydrogens (primary N) is 1. The van der Waals surface area contributed by atoms with Crippen LogP contribution in [0.5, 0.6) is 5.75 Å². The lowest BCUT2D eigenvalue weighted by molar-refractivity contribution is -0.134. The number of aromatic nitrogens is 1. The quantitative estimate of drug-likeness (QED) is 0.316. The van der Waals surface area contributed by atoms with E-state index in [1.165, 1.54) is 12.1 Å². The molecule has 0 spiro atoms. The Morgan fingerprint density at radius 3 is 2.75 bits per heavy atom. The van der Waals surface area contributed by atoms with Crippen molar-refractivity contribution in [2.24, 2.45) is 17.1 Å². The van der Waals surface area contributed by atoms with Gasteiger partial charge in [-0.2, -0.15) is 0 Å². The van der Waals surface area contributed by atoms with E-state index in [9.17, 15) is 14.0 Å². The number of hydrogen-bond acceptors (Lipinski definition) is 6. The van der Waals surface area contributed by atoms with Crippen LogP contribution in [0.25, 0.3) is 10.9 Å². The fraction of sp³-hybridized carbons (Fsp3) is 0.261. The Bertz CT molecular complexity index is 1200. The normalized spacial score (nSPS) is 19.4. The van der Waals surface area contributed by atoms with E-state index in [1.807, 2.05) is 30.3 Å². The Hall–Kier alpha value is -3.72. The third-order valence-corrected chi connectivity index (χ3v) is 5.95. The summed E-state index contributed by atoms with van der Waals surface area (Å²) in [6.07, 6.45) is 0.301. The molecule has 9 heteroatoms. The van der Waals surface area contributed by atoms with E-state index in [-0.39, 0.29) is 25.2 Å². The molecule has 0 aliphatic heterocycles. The van der Waals surface area contributed by atoms with Crippen LogP contribution in [0.15, 0.2) is 48.5 Å². The predicted octanol–water partition coefficient (Wildman–Crippen LogP) is 2.53. The number of rotatable bonds is 8. The zero-order valence-corrected chi connectivity index (χ0v) is 17.4. The molecule has 1 heterocycles. The molecule has 1 aliphatic rings. The second-order valence-corrected chi connectivity index (χ2v) is 7.92. The Balaban J connectivity index is 1.51. The largest absolute Gasteiger partial charge is 0.486 e. The smallest absolute Gasteiger partial charge is 0.247 e. The molecule has 4 rings (SSSR count). The van der Waals surface area contributed by atoms with Crippen LogP contribution in [0.4, 0.5) is 10.2 Å². The minimum atomic E-state index is -1.12. The molecule has 32 heavy (non-hydrogen) atoms. The number of amides is 2. The molecule has 1 aromatic heterocycles. The Labute approximate surface area is 183 Å². The number of fused-ring (bicyclic) bond motifs is 1. The van der Waals surface area contributed by atoms with Crippen LogP contribution in [-0.4, -0.2) is 29.1 Å². The maximum atomic E-state index is 14.7. The first-order chi connectivity index (χ1) is 15.4. The molecule has 2 aromatic carbocycles. The number of para-hydroxylation sites is 1. The third-order valence-electron chi connectivity index (χ3n) is 5.95. The van der Waals surface area contributed by atoms with Gasteiger partial charge < -0.3 is 15.8 Å². The number of benzene rings is 2. The summed E-state index contributed by atoms with van der Waals surface area (Å²) < 4.78 is 20.5. The Morgan fingerprint density at radius 2 is 2.06 bits per heavy atom. The SMILES string of the molecule is CNc1cc(COc2ccc(C[C@]3(C(N)=O)C[C@@H]3C(=O)NO)cc2F)c2ccccc2n1. The van der Waals surface area contributed by atoms with Gasteiger partial charge in [0, 0.05) is 18.0 Å². The number of ether oxygens (including phenoxy) is 1. The summed E-state index contributed by atoms with van der Waals surface area (Å²) in [6, 6.07) is 13.9. The van der Waals surface area contributed by atoms with Gasteiger partial charge in [0.25, 0.3) is 0 Å². The van der Waals surface area contributed by atoms with Gasteiger partial charge in [-0.25, -0.2) is 14.9 Å². The standard InChI is InChI=1S/C23H23FN4O4/c1-26-20-9-14(15-4-2-3-5-18(15)27-20)12-32-19-7-6-13(8-17(19)24)10-23(22(25)30)11-16(23)21(29)28-31/h2-9,16,31H,10-12H2,1H3,(H2,25,30)(H,26,27)(H,28,29)/t16-,23+/m1/s1. The highest BCUT2D eigenvalue weighted by molar-refractivity contribution is 5.95. The summed E-state index contributed by atoms with van der Waals surface area (Å²) in [5.41, 5.74) is 8.07. The molecule has 0 bridgehead atoms. The summed E-state index contributed by atoms with van der Waals surface area (Å²) in [5.74, 6) is -1.90. The van der Waals surface area contributed by atoms with Crippen molar-refractivity contribution < 1.29 is 23.9 Å². The van der Waals surface area contributed by atoms with E-state index in [0.29, 0.717) is 11.4 Å². The molecule has 0 saturated heterocycles. The molecule has 166 valence electrons. The third kappa shape index (κ3) is 3.94. The van der Waals surface area contributed by atoms with Gasteiger partial charge in [-0.1, -0.05) is 24.3 Å². The van der Waals surface area contributed by atoms with Gasteiger partial charge >= 0.3 is 0 Å². The number of anilines is 1. The number of halogens is 1. The monoisotopic (exact) mass is 438 g/mol. The van der Waals surface area contributed by atoms with Crippen molar-refractivity contribution in [2.75, 3.05) is 12.4 Å². The first-order valence-corrected chi connectivity index (χ1v) is 10.1. The highest BCUT2D eigenvalue weighted by Crippen LogP contribution is 2.54. The molecule has 5 N–H and O–H groups in total. The van der Waals surface area contributed by atoms with Crippen molar-refractivity contribution in [3.05, 3.63) is 65.5 Å². The van der Waals surface area contributed by atoms with Crippen LogP contribution in [0, 0.1) is 17.2 Å². The van der Waals surface area contributed by atoms with E-state index in [0.717, 1.165) is 16.5 Å². The minimum Gasteiger partial charge on any atom is -0.486 e. The van der Waals surface area contributed by atoms with Gasteiger partial charge in [0.1, 0.15) is 12.4 Å². The molecular formula is C23H23FN4O4. The predicted molar refractivity (Wildman–Crippen MR) is 115 cm³/mol. The molecule has 2 atom stereocenters. The molecule has 8 nitrogen and oxygen atoms in total. The molecule has 2 amide bonds. The molecule has 1 fully saturated rings. The van der Waals surface area contributed by atoms with Gasteiger partial charge in [0.15, 0.2) is 11.6 Å². The number of pyridine rings is 1. The number of primary amides is 1. The Kier molecular flexibility index (Phi) is 5.67. The molecular weight excluding hydrogens is 415 g/mol. The number of hydroxylamine groups is 1. The van der Waals surface area contributed by atoms with Crippen LogP contribution in [-0.2, 0) is 22.6 Å². The number of nitrogens with one attached hydrogen (secondary N) is 2. The van der Waals surface area contributed by atoms with Crippen LogP contribution in [0.3, 0.4) is 0 Å². The number of hydrogen-bond donors (Lipinski definition) is 4. The molecule has 3 aromatic rings. The fourth-order valence-corrected chi connectivity index (χ4v) is 4.07. The zero-order chi connectivity index (χ0) is 22.9. The van der Waals surface area contributed by atoms with E-state index in [2.05, 4.69) is 10.3 Å². The first kappa shape index (κ1) is 21.5. The zero-order valence-electron chi connectivity index (χ0n) is 17.4. The highest BCUT2D eigenvalue weighted by atomic mass is 19.1. The molecule has 1 aliphatic carbocycles. The van der Waals surface area contributed by atoms with Gasteiger partial charge in [0.2, 0.25) is 11.8 Å². The van der Waals surface area contributed by atoms with E-state index >= 15 is 0 Å². The van der Waals surface area contributed by atoms with Crippen molar-refractivity contribution in [1.82, 2.24) is 10.5 Å². The van der Waals surface area contributed by atoms with Gasteiger partial charge in [-0.3, -0.25) is 14.8 Å². The topological polar surface area (TPSA) is 127 Å². The highest BCUT2D eigenvalue weighted by Gasteiger charge is 2.62. The van der Waals surface area contributed by atoms with Crippen LogP contribution >= 0.6 is 0 Å². The first-order valence-electron chi connectivity index (χ1n) is 10.1. The van der Waals surface area contributed by atoms with Crippen LogP contribution in [0.2, 0.25) is 0 Å².